The van der Waals surface area contributed by atoms with Crippen LogP contribution >= 0.6 is 0 Å². The molecule has 0 bridgehead atoms. The molecule has 1 aliphatic rings. The second kappa shape index (κ2) is 4.89. The molecule has 1 fully saturated rings. The average molecular weight is 286 g/mol. The third-order valence-electron chi connectivity index (χ3n) is 3.84. The number of benzene rings is 1. The van der Waals surface area contributed by atoms with Gasteiger partial charge >= 0.3 is 0 Å². The number of aromatic nitrogens is 1. The van der Waals surface area contributed by atoms with Crippen LogP contribution in [0, 0.1) is 0 Å². The number of pyridine rings is 1. The van der Waals surface area contributed by atoms with Crippen LogP contribution in [0.25, 0.3) is 10.9 Å². The molecule has 0 aliphatic carbocycles. The van der Waals surface area contributed by atoms with Crippen LogP contribution in [-0.2, 0) is 0 Å². The van der Waals surface area contributed by atoms with Crippen molar-refractivity contribution >= 4 is 22.6 Å². The predicted octanol–water partition coefficient (Wildman–Crippen LogP) is 1.29. The summed E-state index contributed by atoms with van der Waals surface area (Å²) in [6, 6.07) is 9.55. The average Bonchev–Trinajstić information content (AvgIpc) is 2.85. The van der Waals surface area contributed by atoms with E-state index in [9.17, 15) is 5.11 Å². The molecular formula is C15H18N4O2. The predicted molar refractivity (Wildman–Crippen MR) is 81.7 cm³/mol. The first-order valence-electron chi connectivity index (χ1n) is 6.85. The number of rotatable bonds is 2. The molecule has 3 rings (SSSR count). The Labute approximate surface area is 122 Å². The number of hydrogen-bond donors (Lipinski definition) is 3. The van der Waals surface area contributed by atoms with E-state index in [0.717, 1.165) is 10.9 Å². The highest BCUT2D eigenvalue weighted by Gasteiger charge is 2.33. The Balaban J connectivity index is 2.15. The molecule has 0 saturated carbocycles. The van der Waals surface area contributed by atoms with Crippen LogP contribution in [0.5, 0.6) is 0 Å². The van der Waals surface area contributed by atoms with E-state index in [1.807, 2.05) is 35.2 Å². The first-order chi connectivity index (χ1) is 10.00. The fourth-order valence-corrected chi connectivity index (χ4v) is 2.72. The minimum atomic E-state index is -0.740. The molecule has 0 amide bonds. The van der Waals surface area contributed by atoms with Crippen molar-refractivity contribution < 1.29 is 10.3 Å². The highest BCUT2D eigenvalue weighted by molar-refractivity contribution is 6.04. The molecule has 1 unspecified atom stereocenters. The van der Waals surface area contributed by atoms with Crippen LogP contribution in [0.3, 0.4) is 0 Å². The fraction of sp³-hybridized carbons (Fsp3) is 0.333. The van der Waals surface area contributed by atoms with Crippen LogP contribution in [0.2, 0.25) is 0 Å². The van der Waals surface area contributed by atoms with Gasteiger partial charge in [0.25, 0.3) is 0 Å². The number of oxime groups is 1. The van der Waals surface area contributed by atoms with Gasteiger partial charge in [-0.05, 0) is 25.5 Å². The van der Waals surface area contributed by atoms with Crippen molar-refractivity contribution in [1.82, 2.24) is 4.98 Å². The summed E-state index contributed by atoms with van der Waals surface area (Å²) in [7, 11) is 0. The molecule has 1 aliphatic heterocycles. The minimum Gasteiger partial charge on any atom is -0.409 e. The molecule has 1 aromatic carbocycles. The highest BCUT2D eigenvalue weighted by Crippen LogP contribution is 2.29. The molecule has 21 heavy (non-hydrogen) atoms. The number of amidine groups is 1. The Kier molecular flexibility index (Phi) is 3.17. The lowest BCUT2D eigenvalue weighted by atomic mass is 10.1. The normalized spacial score (nSPS) is 23.0. The van der Waals surface area contributed by atoms with Crippen molar-refractivity contribution in [3.63, 3.8) is 0 Å². The Hall–Kier alpha value is -2.34. The topological polar surface area (TPSA) is 95.0 Å². The van der Waals surface area contributed by atoms with E-state index in [1.54, 1.807) is 6.92 Å². The van der Waals surface area contributed by atoms with Gasteiger partial charge in [0.15, 0.2) is 5.84 Å². The van der Waals surface area contributed by atoms with Crippen molar-refractivity contribution in [2.24, 2.45) is 10.9 Å². The van der Waals surface area contributed by atoms with Gasteiger partial charge in [-0.3, -0.25) is 0 Å². The maximum atomic E-state index is 10.1. The lowest BCUT2D eigenvalue weighted by molar-refractivity contribution is 0.0839. The zero-order valence-corrected chi connectivity index (χ0v) is 11.8. The third kappa shape index (κ3) is 2.50. The first-order valence-corrected chi connectivity index (χ1v) is 6.85. The second-order valence-electron chi connectivity index (χ2n) is 5.71. The van der Waals surface area contributed by atoms with Crippen LogP contribution in [-0.4, -0.2) is 39.8 Å². The zero-order valence-electron chi connectivity index (χ0n) is 11.8. The van der Waals surface area contributed by atoms with Crippen molar-refractivity contribution in [1.29, 1.82) is 0 Å². The van der Waals surface area contributed by atoms with E-state index in [1.165, 1.54) is 0 Å². The van der Waals surface area contributed by atoms with E-state index in [-0.39, 0.29) is 5.84 Å². The summed E-state index contributed by atoms with van der Waals surface area (Å²) in [6.07, 6.45) is 0.664. The molecule has 2 aromatic rings. The third-order valence-corrected chi connectivity index (χ3v) is 3.84. The van der Waals surface area contributed by atoms with Gasteiger partial charge in [0.2, 0.25) is 0 Å². The van der Waals surface area contributed by atoms with Gasteiger partial charge in [0.1, 0.15) is 5.82 Å². The molecule has 4 N–H and O–H groups in total. The molecule has 2 heterocycles. The first kappa shape index (κ1) is 13.6. The van der Waals surface area contributed by atoms with Crippen LogP contribution in [0.15, 0.2) is 35.5 Å². The van der Waals surface area contributed by atoms with Gasteiger partial charge in [-0.25, -0.2) is 4.98 Å². The number of aliphatic hydroxyl groups is 1. The summed E-state index contributed by atoms with van der Waals surface area (Å²) < 4.78 is 0. The van der Waals surface area contributed by atoms with Gasteiger partial charge < -0.3 is 20.9 Å². The minimum absolute atomic E-state index is 0.0230. The number of hydrogen-bond acceptors (Lipinski definition) is 5. The molecule has 0 radical (unpaired) electrons. The Morgan fingerprint density at radius 2 is 2.19 bits per heavy atom. The number of para-hydroxylation sites is 1. The monoisotopic (exact) mass is 286 g/mol. The van der Waals surface area contributed by atoms with Gasteiger partial charge in [-0.2, -0.15) is 0 Å². The van der Waals surface area contributed by atoms with Gasteiger partial charge in [-0.1, -0.05) is 23.4 Å². The zero-order chi connectivity index (χ0) is 15.0. The Bertz CT molecular complexity index is 712. The van der Waals surface area contributed by atoms with Gasteiger partial charge in [0, 0.05) is 18.5 Å². The lowest BCUT2D eigenvalue weighted by Gasteiger charge is -2.22. The molecule has 1 aromatic heterocycles. The van der Waals surface area contributed by atoms with Crippen molar-refractivity contribution in [2.75, 3.05) is 18.0 Å². The smallest absolute Gasteiger partial charge is 0.173 e. The molecule has 0 spiro atoms. The molecule has 1 saturated heterocycles. The molecule has 6 heteroatoms. The van der Waals surface area contributed by atoms with Gasteiger partial charge in [0.05, 0.1) is 16.7 Å². The van der Waals surface area contributed by atoms with Crippen molar-refractivity contribution in [3.05, 3.63) is 35.9 Å². The molecule has 6 nitrogen and oxygen atoms in total. The van der Waals surface area contributed by atoms with Crippen molar-refractivity contribution in [2.45, 2.75) is 18.9 Å². The van der Waals surface area contributed by atoms with E-state index < -0.39 is 5.60 Å². The van der Waals surface area contributed by atoms with Crippen molar-refractivity contribution in [3.8, 4) is 0 Å². The summed E-state index contributed by atoms with van der Waals surface area (Å²) >= 11 is 0. The standard InChI is InChI=1S/C15H18N4O2/c1-15(20)6-7-19(9-15)14-11(13(16)18-21)8-10-4-2-3-5-12(10)17-14/h2-5,8,20-21H,6-7,9H2,1H3,(H2,16,18). The van der Waals surface area contributed by atoms with Crippen LogP contribution in [0.4, 0.5) is 5.82 Å². The van der Waals surface area contributed by atoms with Gasteiger partial charge in [-0.15, -0.1) is 0 Å². The summed E-state index contributed by atoms with van der Waals surface area (Å²) in [5.41, 5.74) is 6.47. The van der Waals surface area contributed by atoms with E-state index in [0.29, 0.717) is 30.9 Å². The van der Waals surface area contributed by atoms with E-state index in [2.05, 4.69) is 10.1 Å². The van der Waals surface area contributed by atoms with Crippen LogP contribution in [0.1, 0.15) is 18.9 Å². The number of β-amino-alcohol motifs (C(OH)–C–C–N with tert-alkyl or cyclic N) is 1. The van der Waals surface area contributed by atoms with E-state index in [4.69, 9.17) is 10.9 Å². The summed E-state index contributed by atoms with van der Waals surface area (Å²) in [5.74, 6) is 0.663. The Morgan fingerprint density at radius 1 is 1.43 bits per heavy atom. The van der Waals surface area contributed by atoms with E-state index >= 15 is 0 Å². The number of anilines is 1. The Morgan fingerprint density at radius 3 is 2.86 bits per heavy atom. The lowest BCUT2D eigenvalue weighted by Crippen LogP contribution is -2.31. The maximum Gasteiger partial charge on any atom is 0.173 e. The number of nitrogens with two attached hydrogens (primary N) is 1. The quantitative estimate of drug-likeness (QED) is 0.335. The maximum absolute atomic E-state index is 10.1. The summed E-state index contributed by atoms with van der Waals surface area (Å²) in [6.45, 7) is 2.96. The highest BCUT2D eigenvalue weighted by atomic mass is 16.4. The largest absolute Gasteiger partial charge is 0.409 e. The summed E-state index contributed by atoms with van der Waals surface area (Å²) in [4.78, 5) is 6.61. The molecule has 110 valence electrons. The molecular weight excluding hydrogens is 268 g/mol. The number of fused-ring (bicyclic) bond motifs is 1. The van der Waals surface area contributed by atoms with Crippen LogP contribution < -0.4 is 10.6 Å². The molecule has 1 atom stereocenters. The SMILES string of the molecule is CC1(O)CCN(c2nc3ccccc3cc2/C(N)=N/O)C1. The second-order valence-corrected chi connectivity index (χ2v) is 5.71. The summed E-state index contributed by atoms with van der Waals surface area (Å²) in [5, 5.41) is 23.2. The number of nitrogens with zero attached hydrogens (tertiary/aromatic N) is 3. The fourth-order valence-electron chi connectivity index (χ4n) is 2.72.